The highest BCUT2D eigenvalue weighted by Gasteiger charge is 2.23. The SMILES string of the molecule is Cc1cccc(N2CCN(C(=O)c3cnn(C)c3)CC2)c1C. The number of hydrogen-bond acceptors (Lipinski definition) is 3. The van der Waals surface area contributed by atoms with Crippen molar-refractivity contribution in [2.75, 3.05) is 31.1 Å². The van der Waals surface area contributed by atoms with Crippen LogP contribution in [0.3, 0.4) is 0 Å². The molecule has 0 atom stereocenters. The largest absolute Gasteiger partial charge is 0.368 e. The number of benzene rings is 1. The van der Waals surface area contributed by atoms with Gasteiger partial charge in [-0.05, 0) is 31.0 Å². The lowest BCUT2D eigenvalue weighted by atomic mass is 10.1. The van der Waals surface area contributed by atoms with Crippen molar-refractivity contribution in [3.05, 3.63) is 47.3 Å². The van der Waals surface area contributed by atoms with Crippen LogP contribution < -0.4 is 4.90 Å². The quantitative estimate of drug-likeness (QED) is 0.851. The third-order valence-electron chi connectivity index (χ3n) is 4.44. The fourth-order valence-corrected chi connectivity index (χ4v) is 2.94. The third kappa shape index (κ3) is 2.71. The molecule has 1 amide bonds. The topological polar surface area (TPSA) is 41.4 Å². The van der Waals surface area contributed by atoms with Gasteiger partial charge >= 0.3 is 0 Å². The minimum absolute atomic E-state index is 0.0775. The van der Waals surface area contributed by atoms with E-state index in [1.165, 1.54) is 16.8 Å². The van der Waals surface area contributed by atoms with Crippen LogP contribution in [-0.2, 0) is 7.05 Å². The summed E-state index contributed by atoms with van der Waals surface area (Å²) in [5.41, 5.74) is 4.59. The Morgan fingerprint density at radius 2 is 1.86 bits per heavy atom. The molecule has 5 nitrogen and oxygen atoms in total. The minimum atomic E-state index is 0.0775. The zero-order chi connectivity index (χ0) is 15.7. The van der Waals surface area contributed by atoms with Gasteiger partial charge in [0.25, 0.3) is 5.91 Å². The van der Waals surface area contributed by atoms with Gasteiger partial charge in [0, 0.05) is 45.1 Å². The monoisotopic (exact) mass is 298 g/mol. The first-order chi connectivity index (χ1) is 10.6. The normalized spacial score (nSPS) is 15.2. The van der Waals surface area contributed by atoms with Crippen molar-refractivity contribution in [2.24, 2.45) is 7.05 Å². The number of hydrogen-bond donors (Lipinski definition) is 0. The molecule has 1 aliphatic heterocycles. The van der Waals surface area contributed by atoms with E-state index < -0.39 is 0 Å². The van der Waals surface area contributed by atoms with Gasteiger partial charge in [-0.2, -0.15) is 5.10 Å². The average Bonchev–Trinajstić information content (AvgIpc) is 2.96. The highest BCUT2D eigenvalue weighted by Crippen LogP contribution is 2.24. The molecule has 1 fully saturated rings. The standard InChI is InChI=1S/C17H22N4O/c1-13-5-4-6-16(14(13)2)20-7-9-21(10-8-20)17(22)15-11-18-19(3)12-15/h4-6,11-12H,7-10H2,1-3H3. The maximum Gasteiger partial charge on any atom is 0.257 e. The average molecular weight is 298 g/mol. The van der Waals surface area contributed by atoms with Crippen LogP contribution in [0.1, 0.15) is 21.5 Å². The second-order valence-electron chi connectivity index (χ2n) is 5.90. The number of aryl methyl sites for hydroxylation is 2. The van der Waals surface area contributed by atoms with Crippen LogP contribution in [0.15, 0.2) is 30.6 Å². The molecule has 2 aromatic rings. The number of carbonyl (C=O) groups excluding carboxylic acids is 1. The fourth-order valence-electron chi connectivity index (χ4n) is 2.94. The molecule has 1 aliphatic rings. The first kappa shape index (κ1) is 14.6. The number of carbonyl (C=O) groups is 1. The number of amides is 1. The molecule has 0 radical (unpaired) electrons. The second kappa shape index (κ2) is 5.83. The van der Waals surface area contributed by atoms with Crippen molar-refractivity contribution in [3.63, 3.8) is 0 Å². The lowest BCUT2D eigenvalue weighted by molar-refractivity contribution is 0.0746. The Morgan fingerprint density at radius 1 is 1.14 bits per heavy atom. The van der Waals surface area contributed by atoms with Gasteiger partial charge in [0.2, 0.25) is 0 Å². The van der Waals surface area contributed by atoms with Gasteiger partial charge in [0.1, 0.15) is 0 Å². The van der Waals surface area contributed by atoms with Crippen LogP contribution in [0.4, 0.5) is 5.69 Å². The van der Waals surface area contributed by atoms with Gasteiger partial charge < -0.3 is 9.80 Å². The maximum atomic E-state index is 12.4. The lowest BCUT2D eigenvalue weighted by Gasteiger charge is -2.37. The van der Waals surface area contributed by atoms with Crippen LogP contribution in [0.5, 0.6) is 0 Å². The fraction of sp³-hybridized carbons (Fsp3) is 0.412. The van der Waals surface area contributed by atoms with Crippen molar-refractivity contribution in [2.45, 2.75) is 13.8 Å². The van der Waals surface area contributed by atoms with Gasteiger partial charge in [-0.1, -0.05) is 12.1 Å². The Bertz CT molecular complexity index is 684. The molecule has 1 aromatic heterocycles. The predicted octanol–water partition coefficient (Wildman–Crippen LogP) is 2.00. The summed E-state index contributed by atoms with van der Waals surface area (Å²) in [6, 6.07) is 6.41. The van der Waals surface area contributed by atoms with Crippen LogP contribution >= 0.6 is 0 Å². The van der Waals surface area contributed by atoms with Gasteiger partial charge in [0.05, 0.1) is 11.8 Å². The zero-order valence-electron chi connectivity index (χ0n) is 13.4. The number of nitrogens with zero attached hydrogens (tertiary/aromatic N) is 4. The van der Waals surface area contributed by atoms with Crippen molar-refractivity contribution < 1.29 is 4.79 Å². The van der Waals surface area contributed by atoms with E-state index >= 15 is 0 Å². The highest BCUT2D eigenvalue weighted by atomic mass is 16.2. The summed E-state index contributed by atoms with van der Waals surface area (Å²) in [4.78, 5) is 16.7. The molecule has 2 heterocycles. The minimum Gasteiger partial charge on any atom is -0.368 e. The molecular weight excluding hydrogens is 276 g/mol. The summed E-state index contributed by atoms with van der Waals surface area (Å²) in [6.45, 7) is 7.55. The maximum absolute atomic E-state index is 12.4. The van der Waals surface area contributed by atoms with E-state index in [4.69, 9.17) is 0 Å². The van der Waals surface area contributed by atoms with E-state index in [1.807, 2.05) is 11.9 Å². The molecule has 1 aromatic carbocycles. The molecule has 1 saturated heterocycles. The van der Waals surface area contributed by atoms with Crippen molar-refractivity contribution in [1.29, 1.82) is 0 Å². The molecule has 0 unspecified atom stereocenters. The van der Waals surface area contributed by atoms with Crippen molar-refractivity contribution in [3.8, 4) is 0 Å². The first-order valence-corrected chi connectivity index (χ1v) is 7.65. The predicted molar refractivity (Wildman–Crippen MR) is 87.2 cm³/mol. The lowest BCUT2D eigenvalue weighted by Crippen LogP contribution is -2.49. The zero-order valence-corrected chi connectivity index (χ0v) is 13.4. The van der Waals surface area contributed by atoms with Crippen LogP contribution in [0, 0.1) is 13.8 Å². The summed E-state index contributed by atoms with van der Waals surface area (Å²) >= 11 is 0. The Hall–Kier alpha value is -2.30. The van der Waals surface area contributed by atoms with Crippen LogP contribution in [0.25, 0.3) is 0 Å². The molecule has 116 valence electrons. The smallest absolute Gasteiger partial charge is 0.257 e. The first-order valence-electron chi connectivity index (χ1n) is 7.65. The van der Waals surface area contributed by atoms with Crippen LogP contribution in [0.2, 0.25) is 0 Å². The summed E-state index contributed by atoms with van der Waals surface area (Å²) in [7, 11) is 1.83. The molecule has 22 heavy (non-hydrogen) atoms. The van der Waals surface area contributed by atoms with E-state index in [2.05, 4.69) is 42.0 Å². The molecule has 3 rings (SSSR count). The van der Waals surface area contributed by atoms with E-state index in [1.54, 1.807) is 17.1 Å². The summed E-state index contributed by atoms with van der Waals surface area (Å²) < 4.78 is 1.67. The van der Waals surface area contributed by atoms with E-state index in [0.717, 1.165) is 26.2 Å². The van der Waals surface area contributed by atoms with Gasteiger partial charge in [-0.3, -0.25) is 9.48 Å². The van der Waals surface area contributed by atoms with Gasteiger partial charge in [-0.15, -0.1) is 0 Å². The van der Waals surface area contributed by atoms with E-state index in [-0.39, 0.29) is 5.91 Å². The van der Waals surface area contributed by atoms with Gasteiger partial charge in [0.15, 0.2) is 0 Å². The number of aromatic nitrogens is 2. The molecule has 5 heteroatoms. The van der Waals surface area contributed by atoms with Crippen molar-refractivity contribution >= 4 is 11.6 Å². The summed E-state index contributed by atoms with van der Waals surface area (Å²) in [6.07, 6.45) is 3.42. The molecule has 0 saturated carbocycles. The molecule has 0 bridgehead atoms. The molecule has 0 aliphatic carbocycles. The van der Waals surface area contributed by atoms with E-state index in [0.29, 0.717) is 5.56 Å². The Labute approximate surface area is 131 Å². The number of piperazine rings is 1. The van der Waals surface area contributed by atoms with Crippen molar-refractivity contribution in [1.82, 2.24) is 14.7 Å². The third-order valence-corrected chi connectivity index (χ3v) is 4.44. The summed E-state index contributed by atoms with van der Waals surface area (Å²) in [5.74, 6) is 0.0775. The van der Waals surface area contributed by atoms with E-state index in [9.17, 15) is 4.79 Å². The molecule has 0 N–H and O–H groups in total. The summed E-state index contributed by atoms with van der Waals surface area (Å²) in [5, 5.41) is 4.08. The Kier molecular flexibility index (Phi) is 3.88. The Balaban J connectivity index is 1.67. The molecular formula is C17H22N4O. The van der Waals surface area contributed by atoms with Gasteiger partial charge in [-0.25, -0.2) is 0 Å². The second-order valence-corrected chi connectivity index (χ2v) is 5.90. The van der Waals surface area contributed by atoms with Crippen LogP contribution in [-0.4, -0.2) is 46.8 Å². The Morgan fingerprint density at radius 3 is 2.50 bits per heavy atom. The number of anilines is 1. The molecule has 0 spiro atoms. The number of rotatable bonds is 2. The highest BCUT2D eigenvalue weighted by molar-refractivity contribution is 5.93.